The molecule has 24 heavy (non-hydrogen) atoms. The summed E-state index contributed by atoms with van der Waals surface area (Å²) in [6, 6.07) is 30.3. The summed E-state index contributed by atoms with van der Waals surface area (Å²) in [5, 5.41) is 10.5. The Kier molecular flexibility index (Phi) is 5.94. The van der Waals surface area contributed by atoms with Crippen molar-refractivity contribution in [2.45, 2.75) is 15.9 Å². The van der Waals surface area contributed by atoms with E-state index < -0.39 is 6.10 Å². The predicted molar refractivity (Wildman–Crippen MR) is 99.6 cm³/mol. The van der Waals surface area contributed by atoms with E-state index in [0.29, 0.717) is 12.4 Å². The van der Waals surface area contributed by atoms with E-state index in [0.717, 1.165) is 5.75 Å². The van der Waals surface area contributed by atoms with Gasteiger partial charge in [-0.2, -0.15) is 0 Å². The highest BCUT2D eigenvalue weighted by Crippen LogP contribution is 2.24. The molecule has 0 aliphatic carbocycles. The van der Waals surface area contributed by atoms with Crippen LogP contribution in [0.15, 0.2) is 101 Å². The zero-order chi connectivity index (χ0) is 16.6. The molecule has 3 heteroatoms. The molecule has 0 radical (unpaired) electrons. The molecule has 0 aliphatic heterocycles. The summed E-state index contributed by atoms with van der Waals surface area (Å²) >= 11 is 0. The van der Waals surface area contributed by atoms with E-state index in [1.54, 1.807) is 0 Å². The van der Waals surface area contributed by atoms with Crippen molar-refractivity contribution < 1.29 is 9.84 Å². The summed E-state index contributed by atoms with van der Waals surface area (Å²) in [4.78, 5) is 2.48. The van der Waals surface area contributed by atoms with Crippen LogP contribution in [-0.2, 0) is 10.9 Å². The molecule has 1 unspecified atom stereocenters. The SMILES string of the molecule is OC(COc1ccccc1)C[S+](c1ccccc1)c1ccccc1. The van der Waals surface area contributed by atoms with Crippen LogP contribution in [-0.4, -0.2) is 23.6 Å². The fraction of sp³-hybridized carbons (Fsp3) is 0.143. The average Bonchev–Trinajstić information content (AvgIpc) is 2.67. The monoisotopic (exact) mass is 337 g/mol. The summed E-state index contributed by atoms with van der Waals surface area (Å²) in [6.45, 7) is 0.299. The Morgan fingerprint density at radius 3 is 1.67 bits per heavy atom. The van der Waals surface area contributed by atoms with E-state index in [2.05, 4.69) is 24.3 Å². The molecular formula is C21H21O2S+. The maximum atomic E-state index is 10.5. The Morgan fingerprint density at radius 2 is 1.17 bits per heavy atom. The minimum absolute atomic E-state index is 0.169. The van der Waals surface area contributed by atoms with Crippen LogP contribution in [0.4, 0.5) is 0 Å². The summed E-state index contributed by atoms with van der Waals surface area (Å²) in [6.07, 6.45) is -0.519. The molecule has 0 aromatic heterocycles. The van der Waals surface area contributed by atoms with Gasteiger partial charge in [0, 0.05) is 0 Å². The van der Waals surface area contributed by atoms with Crippen LogP contribution < -0.4 is 4.74 Å². The van der Waals surface area contributed by atoms with E-state index in [4.69, 9.17) is 4.74 Å². The standard InChI is InChI=1S/C21H21O2S/c22-18(16-23-19-10-4-1-5-11-19)17-24(20-12-6-2-7-13-20)21-14-8-3-9-15-21/h1-15,18,22H,16-17H2/q+1. The molecule has 2 nitrogen and oxygen atoms in total. The van der Waals surface area contributed by atoms with Crippen molar-refractivity contribution in [2.24, 2.45) is 0 Å². The quantitative estimate of drug-likeness (QED) is 0.656. The molecule has 0 fully saturated rings. The Bertz CT molecular complexity index is 677. The molecule has 3 aromatic rings. The largest absolute Gasteiger partial charge is 0.491 e. The summed E-state index contributed by atoms with van der Waals surface area (Å²) < 4.78 is 5.69. The van der Waals surface area contributed by atoms with Gasteiger partial charge >= 0.3 is 0 Å². The number of para-hydroxylation sites is 1. The van der Waals surface area contributed by atoms with Crippen molar-refractivity contribution in [1.82, 2.24) is 0 Å². The zero-order valence-corrected chi connectivity index (χ0v) is 14.2. The Labute approximate surface area is 146 Å². The molecule has 122 valence electrons. The van der Waals surface area contributed by atoms with Gasteiger partial charge in [-0.3, -0.25) is 0 Å². The molecule has 0 bridgehead atoms. The molecule has 1 N–H and O–H groups in total. The minimum Gasteiger partial charge on any atom is -0.491 e. The molecule has 0 amide bonds. The van der Waals surface area contributed by atoms with Crippen molar-refractivity contribution >= 4 is 10.9 Å². The smallest absolute Gasteiger partial charge is 0.160 e. The summed E-state index contributed by atoms with van der Waals surface area (Å²) in [5.74, 6) is 1.44. The number of aliphatic hydroxyl groups is 1. The van der Waals surface area contributed by atoms with Gasteiger partial charge in [0.2, 0.25) is 0 Å². The fourth-order valence-electron chi connectivity index (χ4n) is 2.45. The van der Waals surface area contributed by atoms with Gasteiger partial charge in [-0.05, 0) is 36.4 Å². The number of ether oxygens (including phenoxy) is 1. The van der Waals surface area contributed by atoms with Crippen LogP contribution in [0.2, 0.25) is 0 Å². The van der Waals surface area contributed by atoms with E-state index in [-0.39, 0.29) is 10.9 Å². The van der Waals surface area contributed by atoms with Gasteiger partial charge in [-0.15, -0.1) is 0 Å². The molecule has 0 saturated carbocycles. The molecule has 0 aliphatic rings. The van der Waals surface area contributed by atoms with Gasteiger partial charge in [-0.1, -0.05) is 54.6 Å². The van der Waals surface area contributed by atoms with Crippen molar-refractivity contribution in [2.75, 3.05) is 12.4 Å². The van der Waals surface area contributed by atoms with Gasteiger partial charge in [0.1, 0.15) is 24.2 Å². The van der Waals surface area contributed by atoms with E-state index in [1.165, 1.54) is 9.79 Å². The molecular weight excluding hydrogens is 316 g/mol. The molecule has 0 heterocycles. The predicted octanol–water partition coefficient (Wildman–Crippen LogP) is 4.16. The molecule has 3 rings (SSSR count). The third-order valence-corrected chi connectivity index (χ3v) is 6.00. The fourth-order valence-corrected chi connectivity index (χ4v) is 4.56. The van der Waals surface area contributed by atoms with Crippen molar-refractivity contribution in [3.8, 4) is 5.75 Å². The van der Waals surface area contributed by atoms with Crippen molar-refractivity contribution in [3.05, 3.63) is 91.0 Å². The first-order chi connectivity index (χ1) is 11.8. The van der Waals surface area contributed by atoms with Crippen LogP contribution in [0.1, 0.15) is 0 Å². The second kappa shape index (κ2) is 8.57. The maximum Gasteiger partial charge on any atom is 0.160 e. The second-order valence-electron chi connectivity index (χ2n) is 5.46. The highest BCUT2D eigenvalue weighted by atomic mass is 32.2. The minimum atomic E-state index is -0.519. The number of aliphatic hydroxyl groups excluding tert-OH is 1. The van der Waals surface area contributed by atoms with E-state index >= 15 is 0 Å². The normalized spacial score (nSPS) is 12.1. The Morgan fingerprint density at radius 1 is 0.708 bits per heavy atom. The van der Waals surface area contributed by atoms with E-state index in [9.17, 15) is 5.11 Å². The summed E-state index contributed by atoms with van der Waals surface area (Å²) in [7, 11) is -0.169. The lowest BCUT2D eigenvalue weighted by molar-refractivity contribution is 0.126. The number of benzene rings is 3. The first-order valence-electron chi connectivity index (χ1n) is 8.00. The van der Waals surface area contributed by atoms with Crippen LogP contribution in [0.5, 0.6) is 5.75 Å². The summed E-state index contributed by atoms with van der Waals surface area (Å²) in [5.41, 5.74) is 0. The van der Waals surface area contributed by atoms with Gasteiger partial charge in [-0.25, -0.2) is 0 Å². The van der Waals surface area contributed by atoms with Gasteiger partial charge in [0.25, 0.3) is 0 Å². The lowest BCUT2D eigenvalue weighted by atomic mass is 10.3. The average molecular weight is 337 g/mol. The first-order valence-corrected chi connectivity index (χ1v) is 9.39. The van der Waals surface area contributed by atoms with Crippen LogP contribution in [0.25, 0.3) is 0 Å². The van der Waals surface area contributed by atoms with Gasteiger partial charge in [0.15, 0.2) is 9.79 Å². The third kappa shape index (κ3) is 4.63. The maximum absolute atomic E-state index is 10.5. The van der Waals surface area contributed by atoms with Gasteiger partial charge in [0.05, 0.1) is 10.9 Å². The Hall–Kier alpha value is -2.23. The topological polar surface area (TPSA) is 29.5 Å². The van der Waals surface area contributed by atoms with Gasteiger partial charge < -0.3 is 9.84 Å². The van der Waals surface area contributed by atoms with Crippen LogP contribution in [0.3, 0.4) is 0 Å². The molecule has 0 saturated heterocycles. The molecule has 3 aromatic carbocycles. The zero-order valence-electron chi connectivity index (χ0n) is 13.4. The Balaban J connectivity index is 1.70. The number of rotatable bonds is 7. The highest BCUT2D eigenvalue weighted by Gasteiger charge is 2.28. The second-order valence-corrected chi connectivity index (χ2v) is 7.52. The third-order valence-electron chi connectivity index (χ3n) is 3.60. The van der Waals surface area contributed by atoms with Crippen LogP contribution in [0, 0.1) is 0 Å². The number of hydrogen-bond donors (Lipinski definition) is 1. The van der Waals surface area contributed by atoms with Crippen LogP contribution >= 0.6 is 0 Å². The molecule has 0 spiro atoms. The molecule has 1 atom stereocenters. The first kappa shape index (κ1) is 16.6. The number of hydrogen-bond acceptors (Lipinski definition) is 2. The van der Waals surface area contributed by atoms with Crippen molar-refractivity contribution in [3.63, 3.8) is 0 Å². The lowest BCUT2D eigenvalue weighted by Crippen LogP contribution is -2.27. The van der Waals surface area contributed by atoms with E-state index in [1.807, 2.05) is 66.7 Å². The lowest BCUT2D eigenvalue weighted by Gasteiger charge is -2.14. The highest BCUT2D eigenvalue weighted by molar-refractivity contribution is 7.97. The van der Waals surface area contributed by atoms with Crippen molar-refractivity contribution in [1.29, 1.82) is 0 Å².